The lowest BCUT2D eigenvalue weighted by Crippen LogP contribution is -2.45. The van der Waals surface area contributed by atoms with Gasteiger partial charge >= 0.3 is 0 Å². The van der Waals surface area contributed by atoms with Crippen LogP contribution < -0.4 is 10.6 Å². The maximum Gasteiger partial charge on any atom is 0.234 e. The van der Waals surface area contributed by atoms with Gasteiger partial charge in [-0.25, -0.2) is 0 Å². The lowest BCUT2D eigenvalue weighted by atomic mass is 9.90. The molecule has 0 spiro atoms. The molecule has 1 atom stereocenters. The molecular weight excluding hydrogens is 262 g/mol. The SMILES string of the molecule is CNC1CCC(N(C)CC(=O)NC(C)CCC(C)C)CC1. The zero-order chi connectivity index (χ0) is 15.8. The van der Waals surface area contributed by atoms with Crippen molar-refractivity contribution in [2.75, 3.05) is 20.6 Å². The first-order chi connectivity index (χ1) is 9.92. The van der Waals surface area contributed by atoms with Crippen LogP contribution in [0.3, 0.4) is 0 Å². The van der Waals surface area contributed by atoms with Crippen molar-refractivity contribution < 1.29 is 4.79 Å². The minimum Gasteiger partial charge on any atom is -0.353 e. The van der Waals surface area contributed by atoms with Crippen molar-refractivity contribution in [1.29, 1.82) is 0 Å². The Kier molecular flexibility index (Phi) is 8.27. The standard InChI is InChI=1S/C17H35N3O/c1-13(2)6-7-14(3)19-17(21)12-20(5)16-10-8-15(18-4)9-11-16/h13-16,18H,6-12H2,1-5H3,(H,19,21). The number of nitrogens with zero attached hydrogens (tertiary/aromatic N) is 1. The third-order valence-electron chi connectivity index (χ3n) is 4.71. The van der Waals surface area contributed by atoms with Crippen molar-refractivity contribution in [1.82, 2.24) is 15.5 Å². The van der Waals surface area contributed by atoms with Gasteiger partial charge in [0.2, 0.25) is 5.91 Å². The van der Waals surface area contributed by atoms with E-state index in [1.807, 2.05) is 7.05 Å². The molecule has 0 aromatic rings. The molecule has 1 aliphatic rings. The van der Waals surface area contributed by atoms with Crippen LogP contribution in [0.25, 0.3) is 0 Å². The zero-order valence-corrected chi connectivity index (χ0v) is 14.6. The molecule has 1 amide bonds. The summed E-state index contributed by atoms with van der Waals surface area (Å²) in [6.07, 6.45) is 7.07. The third kappa shape index (κ3) is 7.28. The Morgan fingerprint density at radius 1 is 1.14 bits per heavy atom. The second-order valence-corrected chi connectivity index (χ2v) is 7.15. The van der Waals surface area contributed by atoms with E-state index < -0.39 is 0 Å². The summed E-state index contributed by atoms with van der Waals surface area (Å²) in [6.45, 7) is 7.09. The molecule has 0 aliphatic heterocycles. The van der Waals surface area contributed by atoms with Gasteiger partial charge in [-0.1, -0.05) is 13.8 Å². The van der Waals surface area contributed by atoms with Crippen molar-refractivity contribution in [2.24, 2.45) is 5.92 Å². The number of carbonyl (C=O) groups excluding carboxylic acids is 1. The Morgan fingerprint density at radius 3 is 2.29 bits per heavy atom. The highest BCUT2D eigenvalue weighted by Crippen LogP contribution is 2.21. The second kappa shape index (κ2) is 9.42. The van der Waals surface area contributed by atoms with Crippen LogP contribution >= 0.6 is 0 Å². The van der Waals surface area contributed by atoms with Crippen molar-refractivity contribution in [2.45, 2.75) is 77.4 Å². The average molecular weight is 297 g/mol. The van der Waals surface area contributed by atoms with Gasteiger partial charge in [0, 0.05) is 18.1 Å². The molecule has 4 nitrogen and oxygen atoms in total. The molecule has 0 bridgehead atoms. The number of hydrogen-bond acceptors (Lipinski definition) is 3. The molecule has 0 heterocycles. The van der Waals surface area contributed by atoms with Crippen LogP contribution in [0.2, 0.25) is 0 Å². The summed E-state index contributed by atoms with van der Waals surface area (Å²) in [5.41, 5.74) is 0. The minimum atomic E-state index is 0.171. The smallest absolute Gasteiger partial charge is 0.234 e. The summed E-state index contributed by atoms with van der Waals surface area (Å²) in [4.78, 5) is 14.3. The summed E-state index contributed by atoms with van der Waals surface area (Å²) >= 11 is 0. The van der Waals surface area contributed by atoms with Crippen molar-refractivity contribution in [3.8, 4) is 0 Å². The first kappa shape index (κ1) is 18.4. The molecule has 0 aromatic heterocycles. The lowest BCUT2D eigenvalue weighted by molar-refractivity contribution is -0.123. The normalized spacial score (nSPS) is 24.3. The van der Waals surface area contributed by atoms with Gasteiger partial charge < -0.3 is 10.6 Å². The lowest BCUT2D eigenvalue weighted by Gasteiger charge is -2.34. The molecule has 4 heteroatoms. The van der Waals surface area contributed by atoms with Crippen molar-refractivity contribution >= 4 is 5.91 Å². The van der Waals surface area contributed by atoms with E-state index in [9.17, 15) is 4.79 Å². The summed E-state index contributed by atoms with van der Waals surface area (Å²) < 4.78 is 0. The van der Waals surface area contributed by atoms with Gasteiger partial charge in [0.1, 0.15) is 0 Å². The Morgan fingerprint density at radius 2 is 1.76 bits per heavy atom. The molecule has 0 aromatic carbocycles. The first-order valence-electron chi connectivity index (χ1n) is 8.59. The number of amides is 1. The number of hydrogen-bond donors (Lipinski definition) is 2. The molecule has 1 unspecified atom stereocenters. The largest absolute Gasteiger partial charge is 0.353 e. The molecule has 21 heavy (non-hydrogen) atoms. The quantitative estimate of drug-likeness (QED) is 0.723. The van der Waals surface area contributed by atoms with Crippen LogP contribution in [-0.4, -0.2) is 49.6 Å². The average Bonchev–Trinajstić information content (AvgIpc) is 2.45. The monoisotopic (exact) mass is 297 g/mol. The molecule has 2 N–H and O–H groups in total. The molecule has 1 fully saturated rings. The number of nitrogens with one attached hydrogen (secondary N) is 2. The molecular formula is C17H35N3O. The highest BCUT2D eigenvalue weighted by molar-refractivity contribution is 5.78. The van der Waals surface area contributed by atoms with Crippen LogP contribution in [0.5, 0.6) is 0 Å². The van der Waals surface area contributed by atoms with E-state index >= 15 is 0 Å². The molecule has 1 aliphatic carbocycles. The zero-order valence-electron chi connectivity index (χ0n) is 14.6. The highest BCUT2D eigenvalue weighted by Gasteiger charge is 2.24. The Hall–Kier alpha value is -0.610. The van der Waals surface area contributed by atoms with Crippen LogP contribution in [0.1, 0.15) is 59.3 Å². The van der Waals surface area contributed by atoms with Crippen LogP contribution in [0.4, 0.5) is 0 Å². The molecule has 1 rings (SSSR count). The first-order valence-corrected chi connectivity index (χ1v) is 8.59. The van der Waals surface area contributed by atoms with Gasteiger partial charge in [-0.15, -0.1) is 0 Å². The van der Waals surface area contributed by atoms with E-state index in [0.717, 1.165) is 6.42 Å². The van der Waals surface area contributed by atoms with Gasteiger partial charge in [0.15, 0.2) is 0 Å². The van der Waals surface area contributed by atoms with Gasteiger partial charge in [0.05, 0.1) is 6.54 Å². The number of carbonyl (C=O) groups is 1. The van der Waals surface area contributed by atoms with Crippen molar-refractivity contribution in [3.05, 3.63) is 0 Å². The predicted molar refractivity (Wildman–Crippen MR) is 89.4 cm³/mol. The fourth-order valence-corrected chi connectivity index (χ4v) is 3.14. The Bertz CT molecular complexity index is 298. The molecule has 124 valence electrons. The van der Waals surface area contributed by atoms with E-state index in [0.29, 0.717) is 24.5 Å². The predicted octanol–water partition coefficient (Wildman–Crippen LogP) is 2.39. The summed E-state index contributed by atoms with van der Waals surface area (Å²) in [5.74, 6) is 0.874. The number of rotatable bonds is 8. The van der Waals surface area contributed by atoms with E-state index in [1.165, 1.54) is 32.1 Å². The van der Waals surface area contributed by atoms with Gasteiger partial charge in [-0.3, -0.25) is 9.69 Å². The van der Waals surface area contributed by atoms with Crippen LogP contribution in [0, 0.1) is 5.92 Å². The van der Waals surface area contributed by atoms with E-state index in [1.54, 1.807) is 0 Å². The van der Waals surface area contributed by atoms with E-state index in [2.05, 4.69) is 43.4 Å². The topological polar surface area (TPSA) is 44.4 Å². The second-order valence-electron chi connectivity index (χ2n) is 7.15. The Balaban J connectivity index is 2.24. The minimum absolute atomic E-state index is 0.171. The molecule has 0 saturated heterocycles. The maximum atomic E-state index is 12.1. The fourth-order valence-electron chi connectivity index (χ4n) is 3.14. The number of likely N-dealkylation sites (N-methyl/N-ethyl adjacent to an activating group) is 1. The summed E-state index contributed by atoms with van der Waals surface area (Å²) in [7, 11) is 4.13. The van der Waals surface area contributed by atoms with Gasteiger partial charge in [-0.05, 0) is 65.5 Å². The molecule has 1 saturated carbocycles. The van der Waals surface area contributed by atoms with E-state index in [-0.39, 0.29) is 11.9 Å². The molecule has 0 radical (unpaired) electrons. The third-order valence-corrected chi connectivity index (χ3v) is 4.71. The highest BCUT2D eigenvalue weighted by atomic mass is 16.2. The van der Waals surface area contributed by atoms with E-state index in [4.69, 9.17) is 0 Å². The summed E-state index contributed by atoms with van der Waals surface area (Å²) in [6, 6.07) is 1.51. The Labute approximate surface area is 131 Å². The summed E-state index contributed by atoms with van der Waals surface area (Å²) in [5, 5.41) is 6.49. The fraction of sp³-hybridized carbons (Fsp3) is 0.941. The van der Waals surface area contributed by atoms with Crippen molar-refractivity contribution in [3.63, 3.8) is 0 Å². The van der Waals surface area contributed by atoms with Gasteiger partial charge in [0.25, 0.3) is 0 Å². The maximum absolute atomic E-state index is 12.1. The van der Waals surface area contributed by atoms with Crippen LogP contribution in [-0.2, 0) is 4.79 Å². The van der Waals surface area contributed by atoms with Crippen LogP contribution in [0.15, 0.2) is 0 Å². The van der Waals surface area contributed by atoms with Gasteiger partial charge in [-0.2, -0.15) is 0 Å².